The number of furan rings is 1. The minimum absolute atomic E-state index is 0.0519. The van der Waals surface area contributed by atoms with Crippen LogP contribution in [0.15, 0.2) is 46.9 Å². The normalized spacial score (nSPS) is 10.9. The highest BCUT2D eigenvalue weighted by molar-refractivity contribution is 5.83. The lowest BCUT2D eigenvalue weighted by molar-refractivity contribution is -0.140. The van der Waals surface area contributed by atoms with Crippen LogP contribution in [0.4, 0.5) is 0 Å². The van der Waals surface area contributed by atoms with E-state index in [0.717, 1.165) is 24.4 Å². The quantitative estimate of drug-likeness (QED) is 0.621. The molecule has 0 aliphatic heterocycles. The van der Waals surface area contributed by atoms with Crippen LogP contribution in [0, 0.1) is 12.8 Å². The minimum Gasteiger partial charge on any atom is -0.464 e. The Kier molecular flexibility index (Phi) is 8.30. The van der Waals surface area contributed by atoms with Crippen LogP contribution >= 0.6 is 0 Å². The average molecular weight is 385 g/mol. The Morgan fingerprint density at radius 3 is 2.29 bits per heavy atom. The van der Waals surface area contributed by atoms with Crippen molar-refractivity contribution in [3.05, 3.63) is 59.5 Å². The van der Waals surface area contributed by atoms with Gasteiger partial charge in [-0.15, -0.1) is 0 Å². The first kappa shape index (κ1) is 21.7. The maximum absolute atomic E-state index is 13.0. The lowest BCUT2D eigenvalue weighted by atomic mass is 10.1. The molecule has 0 spiro atoms. The lowest BCUT2D eigenvalue weighted by Gasteiger charge is -2.27. The van der Waals surface area contributed by atoms with Gasteiger partial charge in [-0.1, -0.05) is 44.2 Å². The molecule has 0 atom stereocenters. The van der Waals surface area contributed by atoms with Gasteiger partial charge in [-0.25, -0.2) is 0 Å². The number of carbonyl (C=O) groups is 2. The molecule has 1 heterocycles. The number of amides is 2. The fraction of sp³-hybridized carbons (Fsp3) is 0.478. The van der Waals surface area contributed by atoms with Crippen molar-refractivity contribution in [2.24, 2.45) is 5.92 Å². The van der Waals surface area contributed by atoms with Crippen LogP contribution in [-0.4, -0.2) is 41.2 Å². The predicted octanol–water partition coefficient (Wildman–Crippen LogP) is 4.05. The van der Waals surface area contributed by atoms with E-state index in [0.29, 0.717) is 25.6 Å². The molecule has 0 radical (unpaired) electrons. The molecule has 0 saturated heterocycles. The molecule has 1 aromatic carbocycles. The molecule has 0 aliphatic carbocycles. The molecule has 5 heteroatoms. The zero-order chi connectivity index (χ0) is 20.5. The van der Waals surface area contributed by atoms with E-state index in [1.54, 1.807) is 9.80 Å². The molecule has 0 aliphatic rings. The van der Waals surface area contributed by atoms with Crippen LogP contribution in [0.2, 0.25) is 0 Å². The summed E-state index contributed by atoms with van der Waals surface area (Å²) in [6, 6.07) is 13.9. The number of carbonyl (C=O) groups excluding carboxylic acids is 2. The Bertz CT molecular complexity index is 752. The van der Waals surface area contributed by atoms with Crippen molar-refractivity contribution >= 4 is 11.8 Å². The van der Waals surface area contributed by atoms with Gasteiger partial charge in [0.1, 0.15) is 11.5 Å². The number of nitrogens with zero attached hydrogens (tertiary/aromatic N) is 2. The number of benzene rings is 1. The average Bonchev–Trinajstić information content (AvgIpc) is 3.07. The largest absolute Gasteiger partial charge is 0.464 e. The molecule has 0 fully saturated rings. The number of hydrogen-bond donors (Lipinski definition) is 0. The van der Waals surface area contributed by atoms with Crippen molar-refractivity contribution in [2.75, 3.05) is 19.6 Å². The van der Waals surface area contributed by atoms with E-state index in [1.165, 1.54) is 12.5 Å². The highest BCUT2D eigenvalue weighted by Crippen LogP contribution is 2.12. The summed E-state index contributed by atoms with van der Waals surface area (Å²) in [5.74, 6) is 1.95. The Hall–Kier alpha value is -2.56. The van der Waals surface area contributed by atoms with Gasteiger partial charge in [0, 0.05) is 20.0 Å². The van der Waals surface area contributed by atoms with E-state index in [4.69, 9.17) is 4.42 Å². The molecule has 2 rings (SSSR count). The number of aryl methyl sites for hydroxylation is 1. The molecule has 0 bridgehead atoms. The SMILES string of the molecule is CC(=O)N(CCC(C)C)CC(=O)N(CCc1ccccc1)Cc1ccc(C)o1. The summed E-state index contributed by atoms with van der Waals surface area (Å²) < 4.78 is 5.67. The molecule has 152 valence electrons. The fourth-order valence-corrected chi connectivity index (χ4v) is 2.98. The van der Waals surface area contributed by atoms with Crippen LogP contribution in [0.3, 0.4) is 0 Å². The monoisotopic (exact) mass is 384 g/mol. The highest BCUT2D eigenvalue weighted by atomic mass is 16.3. The first-order chi connectivity index (χ1) is 13.3. The molecule has 1 aromatic heterocycles. The summed E-state index contributed by atoms with van der Waals surface area (Å²) in [5, 5.41) is 0. The second kappa shape index (κ2) is 10.7. The van der Waals surface area contributed by atoms with Crippen LogP contribution in [0.5, 0.6) is 0 Å². The van der Waals surface area contributed by atoms with Crippen molar-refractivity contribution in [1.29, 1.82) is 0 Å². The Balaban J connectivity index is 2.06. The Labute approximate surface area is 168 Å². The van der Waals surface area contributed by atoms with E-state index in [1.807, 2.05) is 37.3 Å². The van der Waals surface area contributed by atoms with E-state index in [-0.39, 0.29) is 18.4 Å². The van der Waals surface area contributed by atoms with Crippen molar-refractivity contribution in [1.82, 2.24) is 9.80 Å². The van der Waals surface area contributed by atoms with Crippen LogP contribution in [0.25, 0.3) is 0 Å². The van der Waals surface area contributed by atoms with Crippen molar-refractivity contribution < 1.29 is 14.0 Å². The first-order valence-corrected chi connectivity index (χ1v) is 9.97. The summed E-state index contributed by atoms with van der Waals surface area (Å²) in [5.41, 5.74) is 1.18. The summed E-state index contributed by atoms with van der Waals surface area (Å²) in [6.45, 7) is 9.35. The lowest BCUT2D eigenvalue weighted by Crippen LogP contribution is -2.43. The van der Waals surface area contributed by atoms with Crippen molar-refractivity contribution in [3.63, 3.8) is 0 Å². The third kappa shape index (κ3) is 7.22. The molecule has 2 amide bonds. The molecule has 0 saturated carbocycles. The Morgan fingerprint density at radius 1 is 1.00 bits per heavy atom. The topological polar surface area (TPSA) is 53.8 Å². The maximum Gasteiger partial charge on any atom is 0.242 e. The third-order valence-electron chi connectivity index (χ3n) is 4.76. The zero-order valence-electron chi connectivity index (χ0n) is 17.5. The van der Waals surface area contributed by atoms with Gasteiger partial charge in [0.05, 0.1) is 13.1 Å². The number of hydrogen-bond acceptors (Lipinski definition) is 3. The van der Waals surface area contributed by atoms with Gasteiger partial charge in [-0.2, -0.15) is 0 Å². The standard InChI is InChI=1S/C23H32N2O3/c1-18(2)12-14-24(20(4)26)17-23(27)25(16-22-11-10-19(3)28-22)15-13-21-8-6-5-7-9-21/h5-11,18H,12-17H2,1-4H3. The number of rotatable bonds is 10. The van der Waals surface area contributed by atoms with Gasteiger partial charge in [0.15, 0.2) is 0 Å². The van der Waals surface area contributed by atoms with E-state index < -0.39 is 0 Å². The highest BCUT2D eigenvalue weighted by Gasteiger charge is 2.20. The van der Waals surface area contributed by atoms with Crippen molar-refractivity contribution in [2.45, 2.75) is 47.1 Å². The van der Waals surface area contributed by atoms with Crippen LogP contribution in [-0.2, 0) is 22.6 Å². The molecular weight excluding hydrogens is 352 g/mol. The van der Waals surface area contributed by atoms with E-state index in [9.17, 15) is 9.59 Å². The van der Waals surface area contributed by atoms with Gasteiger partial charge >= 0.3 is 0 Å². The molecular formula is C23H32N2O3. The maximum atomic E-state index is 13.0. The van der Waals surface area contributed by atoms with Gasteiger partial charge < -0.3 is 14.2 Å². The smallest absolute Gasteiger partial charge is 0.242 e. The van der Waals surface area contributed by atoms with E-state index in [2.05, 4.69) is 26.0 Å². The predicted molar refractivity (Wildman–Crippen MR) is 111 cm³/mol. The fourth-order valence-electron chi connectivity index (χ4n) is 2.98. The zero-order valence-corrected chi connectivity index (χ0v) is 17.5. The summed E-state index contributed by atoms with van der Waals surface area (Å²) >= 11 is 0. The second-order valence-electron chi connectivity index (χ2n) is 7.69. The summed E-state index contributed by atoms with van der Waals surface area (Å²) in [4.78, 5) is 28.5. The van der Waals surface area contributed by atoms with Gasteiger partial charge in [-0.3, -0.25) is 9.59 Å². The summed E-state index contributed by atoms with van der Waals surface area (Å²) in [6.07, 6.45) is 1.65. The second-order valence-corrected chi connectivity index (χ2v) is 7.69. The minimum atomic E-state index is -0.0640. The Morgan fingerprint density at radius 2 is 1.71 bits per heavy atom. The van der Waals surface area contributed by atoms with Gasteiger partial charge in [0.25, 0.3) is 0 Å². The molecule has 2 aromatic rings. The molecule has 5 nitrogen and oxygen atoms in total. The first-order valence-electron chi connectivity index (χ1n) is 9.97. The van der Waals surface area contributed by atoms with Crippen LogP contribution < -0.4 is 0 Å². The van der Waals surface area contributed by atoms with Gasteiger partial charge in [-0.05, 0) is 43.4 Å². The molecule has 0 N–H and O–H groups in total. The molecule has 28 heavy (non-hydrogen) atoms. The third-order valence-corrected chi connectivity index (χ3v) is 4.76. The summed E-state index contributed by atoms with van der Waals surface area (Å²) in [7, 11) is 0. The molecule has 0 unspecified atom stereocenters. The van der Waals surface area contributed by atoms with Gasteiger partial charge in [0.2, 0.25) is 11.8 Å². The van der Waals surface area contributed by atoms with E-state index >= 15 is 0 Å². The van der Waals surface area contributed by atoms with Crippen molar-refractivity contribution in [3.8, 4) is 0 Å². The van der Waals surface area contributed by atoms with Crippen LogP contribution in [0.1, 0.15) is 44.3 Å².